The summed E-state index contributed by atoms with van der Waals surface area (Å²) in [5, 5.41) is 0. The molecule has 1 unspecified atom stereocenters. The molecule has 0 aliphatic rings. The van der Waals surface area contributed by atoms with Crippen LogP contribution in [-0.2, 0) is 9.47 Å². The monoisotopic (exact) mass is 404 g/mol. The Morgan fingerprint density at radius 2 is 1.17 bits per heavy atom. The second-order valence-corrected chi connectivity index (χ2v) is 8.25. The molecule has 4 nitrogen and oxygen atoms in total. The molecule has 0 aliphatic carbocycles. The quantitative estimate of drug-likeness (QED) is 0.234. The molecule has 0 fully saturated rings. The lowest BCUT2D eigenvalue weighted by Crippen LogP contribution is -2.20. The van der Waals surface area contributed by atoms with Gasteiger partial charge >= 0.3 is 11.9 Å². The van der Waals surface area contributed by atoms with Gasteiger partial charge in [0.2, 0.25) is 0 Å². The van der Waals surface area contributed by atoms with E-state index >= 15 is 0 Å². The number of unbranched alkanes of at least 4 members (excludes halogenated alkanes) is 9. The first-order valence-corrected chi connectivity index (χ1v) is 11.4. The highest BCUT2D eigenvalue weighted by molar-refractivity contribution is 5.93. The zero-order valence-corrected chi connectivity index (χ0v) is 18.9. The zero-order chi connectivity index (χ0) is 21.5. The van der Waals surface area contributed by atoms with Crippen molar-refractivity contribution in [3.8, 4) is 0 Å². The summed E-state index contributed by atoms with van der Waals surface area (Å²) in [6, 6.07) is 6.48. The lowest BCUT2D eigenvalue weighted by molar-refractivity contribution is 0.0237. The number of rotatable bonds is 15. The predicted molar refractivity (Wildman–Crippen MR) is 118 cm³/mol. The summed E-state index contributed by atoms with van der Waals surface area (Å²) in [5.74, 6) is -0.438. The average molecular weight is 405 g/mol. The number of carbonyl (C=O) groups excluding carboxylic acids is 2. The van der Waals surface area contributed by atoms with Crippen LogP contribution in [0.15, 0.2) is 24.3 Å². The molecule has 0 aromatic heterocycles. The van der Waals surface area contributed by atoms with Gasteiger partial charge in [0.25, 0.3) is 0 Å². The van der Waals surface area contributed by atoms with Gasteiger partial charge in [-0.05, 0) is 43.5 Å². The maximum Gasteiger partial charge on any atom is 0.338 e. The van der Waals surface area contributed by atoms with Crippen molar-refractivity contribution in [2.24, 2.45) is 5.92 Å². The Bertz CT molecular complexity index is 577. The fourth-order valence-corrected chi connectivity index (χ4v) is 2.95. The van der Waals surface area contributed by atoms with E-state index in [2.05, 4.69) is 6.92 Å². The Hall–Kier alpha value is -1.84. The first kappa shape index (κ1) is 25.2. The molecule has 0 saturated carbocycles. The lowest BCUT2D eigenvalue weighted by Gasteiger charge is -2.16. The summed E-state index contributed by atoms with van der Waals surface area (Å²) < 4.78 is 10.7. The zero-order valence-electron chi connectivity index (χ0n) is 18.9. The second-order valence-electron chi connectivity index (χ2n) is 8.25. The highest BCUT2D eigenvalue weighted by Gasteiger charge is 2.15. The van der Waals surface area contributed by atoms with Crippen LogP contribution in [0.3, 0.4) is 0 Å². The van der Waals surface area contributed by atoms with E-state index in [-0.39, 0.29) is 24.0 Å². The molecule has 29 heavy (non-hydrogen) atoms. The maximum absolute atomic E-state index is 12.1. The first-order valence-electron chi connectivity index (χ1n) is 11.4. The molecule has 1 atom stereocenters. The van der Waals surface area contributed by atoms with Crippen LogP contribution in [0.25, 0.3) is 0 Å². The van der Waals surface area contributed by atoms with Gasteiger partial charge in [-0.1, -0.05) is 78.6 Å². The van der Waals surface area contributed by atoms with Crippen molar-refractivity contribution in [1.82, 2.24) is 0 Å². The van der Waals surface area contributed by atoms with Gasteiger partial charge in [-0.3, -0.25) is 0 Å². The van der Waals surface area contributed by atoms with Gasteiger partial charge in [0.15, 0.2) is 0 Å². The van der Waals surface area contributed by atoms with Crippen LogP contribution < -0.4 is 0 Å². The molecule has 0 aliphatic heterocycles. The molecule has 0 amide bonds. The Morgan fingerprint density at radius 3 is 1.66 bits per heavy atom. The third-order valence-electron chi connectivity index (χ3n) is 5.32. The molecule has 1 aromatic carbocycles. The summed E-state index contributed by atoms with van der Waals surface area (Å²) in [6.45, 7) is 8.58. The SMILES string of the molecule is CCCCCCCCCCCCOC(=O)c1ccc(C(=O)OC(C)C(C)C)cc1. The Kier molecular flexibility index (Phi) is 13.1. The molecule has 4 heteroatoms. The van der Waals surface area contributed by atoms with Crippen molar-refractivity contribution >= 4 is 11.9 Å². The minimum atomic E-state index is -0.364. The summed E-state index contributed by atoms with van der Waals surface area (Å²) in [7, 11) is 0. The summed E-state index contributed by atoms with van der Waals surface area (Å²) in [6.07, 6.45) is 12.4. The van der Waals surface area contributed by atoms with Crippen LogP contribution >= 0.6 is 0 Å². The second kappa shape index (κ2) is 15.1. The molecular formula is C25H40O4. The molecule has 0 spiro atoms. The molecule has 0 heterocycles. The normalized spacial score (nSPS) is 12.0. The topological polar surface area (TPSA) is 52.6 Å². The van der Waals surface area contributed by atoms with Crippen LogP contribution in [0.2, 0.25) is 0 Å². The maximum atomic E-state index is 12.1. The van der Waals surface area contributed by atoms with E-state index in [4.69, 9.17) is 9.47 Å². The van der Waals surface area contributed by atoms with E-state index in [9.17, 15) is 9.59 Å². The van der Waals surface area contributed by atoms with Crippen molar-refractivity contribution in [3.63, 3.8) is 0 Å². The average Bonchev–Trinajstić information content (AvgIpc) is 2.71. The smallest absolute Gasteiger partial charge is 0.338 e. The fourth-order valence-electron chi connectivity index (χ4n) is 2.95. The van der Waals surface area contributed by atoms with E-state index in [1.807, 2.05) is 20.8 Å². The highest BCUT2D eigenvalue weighted by Crippen LogP contribution is 2.13. The minimum Gasteiger partial charge on any atom is -0.462 e. The van der Waals surface area contributed by atoms with Crippen LogP contribution in [0, 0.1) is 5.92 Å². The van der Waals surface area contributed by atoms with Gasteiger partial charge in [0, 0.05) is 0 Å². The van der Waals surface area contributed by atoms with Gasteiger partial charge in [-0.25, -0.2) is 9.59 Å². The lowest BCUT2D eigenvalue weighted by atomic mass is 10.1. The molecule has 0 N–H and O–H groups in total. The van der Waals surface area contributed by atoms with Crippen molar-refractivity contribution in [2.75, 3.05) is 6.61 Å². The molecule has 0 bridgehead atoms. The summed E-state index contributed by atoms with van der Waals surface area (Å²) >= 11 is 0. The fraction of sp³-hybridized carbons (Fsp3) is 0.680. The summed E-state index contributed by atoms with van der Waals surface area (Å²) in [4.78, 5) is 24.2. The Morgan fingerprint density at radius 1 is 0.724 bits per heavy atom. The Labute approximate surface area is 177 Å². The van der Waals surface area contributed by atoms with Crippen molar-refractivity contribution < 1.29 is 19.1 Å². The number of carbonyl (C=O) groups is 2. The number of esters is 2. The number of benzene rings is 1. The molecule has 164 valence electrons. The number of ether oxygens (including phenoxy) is 2. The van der Waals surface area contributed by atoms with E-state index in [0.717, 1.165) is 12.8 Å². The predicted octanol–water partition coefficient (Wildman–Crippen LogP) is 6.97. The highest BCUT2D eigenvalue weighted by atomic mass is 16.5. The molecule has 1 rings (SSSR count). The van der Waals surface area contributed by atoms with Crippen molar-refractivity contribution in [1.29, 1.82) is 0 Å². The van der Waals surface area contributed by atoms with Gasteiger partial charge < -0.3 is 9.47 Å². The largest absolute Gasteiger partial charge is 0.462 e. The van der Waals surface area contributed by atoms with E-state index in [1.54, 1.807) is 24.3 Å². The molecular weight excluding hydrogens is 364 g/mol. The van der Waals surface area contributed by atoms with Crippen LogP contribution in [0.4, 0.5) is 0 Å². The van der Waals surface area contributed by atoms with Crippen LogP contribution in [0.5, 0.6) is 0 Å². The van der Waals surface area contributed by atoms with Crippen molar-refractivity contribution in [3.05, 3.63) is 35.4 Å². The van der Waals surface area contributed by atoms with E-state index in [0.29, 0.717) is 17.7 Å². The summed E-state index contributed by atoms with van der Waals surface area (Å²) in [5.41, 5.74) is 0.911. The Balaban J connectivity index is 2.18. The van der Waals surface area contributed by atoms with E-state index < -0.39 is 0 Å². The molecule has 1 aromatic rings. The van der Waals surface area contributed by atoms with Gasteiger partial charge in [0.05, 0.1) is 17.7 Å². The van der Waals surface area contributed by atoms with Crippen molar-refractivity contribution in [2.45, 2.75) is 98.0 Å². The third kappa shape index (κ3) is 11.1. The van der Waals surface area contributed by atoms with Gasteiger partial charge in [0.1, 0.15) is 6.10 Å². The molecule has 0 radical (unpaired) electrons. The third-order valence-corrected chi connectivity index (χ3v) is 5.32. The van der Waals surface area contributed by atoms with Gasteiger partial charge in [-0.2, -0.15) is 0 Å². The first-order chi connectivity index (χ1) is 14.0. The van der Waals surface area contributed by atoms with Gasteiger partial charge in [-0.15, -0.1) is 0 Å². The standard InChI is InChI=1S/C25H40O4/c1-5-6-7-8-9-10-11-12-13-14-19-28-24(26)22-15-17-23(18-16-22)25(27)29-21(4)20(2)3/h15-18,20-21H,5-14,19H2,1-4H3. The number of hydrogen-bond acceptors (Lipinski definition) is 4. The van der Waals surface area contributed by atoms with Crippen LogP contribution in [-0.4, -0.2) is 24.6 Å². The molecule has 0 saturated heterocycles. The number of hydrogen-bond donors (Lipinski definition) is 0. The minimum absolute atomic E-state index is 0.145. The van der Waals surface area contributed by atoms with Crippen LogP contribution in [0.1, 0.15) is 113 Å². The van der Waals surface area contributed by atoms with E-state index in [1.165, 1.54) is 51.4 Å².